The number of ether oxygens (including phenoxy) is 1. The summed E-state index contributed by atoms with van der Waals surface area (Å²) in [5.74, 6) is 0.868. The van der Waals surface area contributed by atoms with E-state index in [0.717, 1.165) is 41.7 Å². The Balaban J connectivity index is 1.53. The van der Waals surface area contributed by atoms with Crippen molar-refractivity contribution in [3.8, 4) is 5.75 Å². The number of fused-ring (bicyclic) bond motifs is 1. The largest absolute Gasteiger partial charge is 0.489 e. The average Bonchev–Trinajstić information content (AvgIpc) is 2.59. The second-order valence-electron chi connectivity index (χ2n) is 6.41. The first-order valence-corrected chi connectivity index (χ1v) is 8.62. The zero-order valence-corrected chi connectivity index (χ0v) is 14.4. The molecule has 0 saturated carbocycles. The van der Waals surface area contributed by atoms with Gasteiger partial charge in [-0.3, -0.25) is 9.69 Å². The SMILES string of the molecule is Cc1ccc2cccc(OCCNC(=O)C3CCCCN3C)c2n1. The van der Waals surface area contributed by atoms with E-state index in [4.69, 9.17) is 4.74 Å². The third-order valence-electron chi connectivity index (χ3n) is 4.55. The Morgan fingerprint density at radius 1 is 1.33 bits per heavy atom. The van der Waals surface area contributed by atoms with Crippen LogP contribution in [0.4, 0.5) is 0 Å². The summed E-state index contributed by atoms with van der Waals surface area (Å²) >= 11 is 0. The number of para-hydroxylation sites is 1. The van der Waals surface area contributed by atoms with Crippen molar-refractivity contribution in [2.24, 2.45) is 0 Å². The van der Waals surface area contributed by atoms with Gasteiger partial charge in [0.2, 0.25) is 5.91 Å². The fourth-order valence-electron chi connectivity index (χ4n) is 3.19. The van der Waals surface area contributed by atoms with Gasteiger partial charge in [-0.15, -0.1) is 0 Å². The summed E-state index contributed by atoms with van der Waals surface area (Å²) in [6.45, 7) is 3.91. The van der Waals surface area contributed by atoms with E-state index < -0.39 is 0 Å². The van der Waals surface area contributed by atoms with Gasteiger partial charge in [0.15, 0.2) is 0 Å². The number of carbonyl (C=O) groups excluding carboxylic acids is 1. The van der Waals surface area contributed by atoms with Crippen LogP contribution >= 0.6 is 0 Å². The van der Waals surface area contributed by atoms with Crippen LogP contribution in [0.1, 0.15) is 25.0 Å². The Morgan fingerprint density at radius 2 is 2.21 bits per heavy atom. The van der Waals surface area contributed by atoms with Crippen LogP contribution in [0.2, 0.25) is 0 Å². The summed E-state index contributed by atoms with van der Waals surface area (Å²) in [5.41, 5.74) is 1.84. The van der Waals surface area contributed by atoms with Crippen molar-refractivity contribution >= 4 is 16.8 Å². The lowest BCUT2D eigenvalue weighted by atomic mass is 10.0. The van der Waals surface area contributed by atoms with Gasteiger partial charge in [0.05, 0.1) is 12.6 Å². The van der Waals surface area contributed by atoms with Gasteiger partial charge in [0.1, 0.15) is 17.9 Å². The number of likely N-dealkylation sites (tertiary alicyclic amines) is 1. The molecule has 1 saturated heterocycles. The summed E-state index contributed by atoms with van der Waals surface area (Å²) in [5, 5.41) is 4.05. The summed E-state index contributed by atoms with van der Waals surface area (Å²) in [7, 11) is 2.02. The number of nitrogens with zero attached hydrogens (tertiary/aromatic N) is 2. The quantitative estimate of drug-likeness (QED) is 0.858. The molecule has 0 bridgehead atoms. The van der Waals surface area contributed by atoms with Crippen LogP contribution < -0.4 is 10.1 Å². The Labute approximate surface area is 143 Å². The van der Waals surface area contributed by atoms with Crippen molar-refractivity contribution in [3.05, 3.63) is 36.0 Å². The number of nitrogens with one attached hydrogen (secondary N) is 1. The van der Waals surface area contributed by atoms with E-state index in [1.807, 2.05) is 44.3 Å². The topological polar surface area (TPSA) is 54.5 Å². The molecule has 1 aliphatic rings. The van der Waals surface area contributed by atoms with E-state index >= 15 is 0 Å². The van der Waals surface area contributed by atoms with E-state index in [1.165, 1.54) is 6.42 Å². The molecule has 128 valence electrons. The zero-order valence-electron chi connectivity index (χ0n) is 14.4. The Morgan fingerprint density at radius 3 is 3.04 bits per heavy atom. The number of benzene rings is 1. The lowest BCUT2D eigenvalue weighted by Crippen LogP contribution is -2.48. The van der Waals surface area contributed by atoms with E-state index in [2.05, 4.69) is 15.2 Å². The highest BCUT2D eigenvalue weighted by molar-refractivity contribution is 5.84. The second kappa shape index (κ2) is 7.62. The van der Waals surface area contributed by atoms with Crippen molar-refractivity contribution < 1.29 is 9.53 Å². The lowest BCUT2D eigenvalue weighted by molar-refractivity contribution is -0.127. The molecule has 1 N–H and O–H groups in total. The second-order valence-corrected chi connectivity index (χ2v) is 6.41. The molecule has 0 aliphatic carbocycles. The van der Waals surface area contributed by atoms with Gasteiger partial charge >= 0.3 is 0 Å². The molecular formula is C19H25N3O2. The number of rotatable bonds is 5. The molecule has 1 atom stereocenters. The molecule has 1 aromatic heterocycles. The summed E-state index contributed by atoms with van der Waals surface area (Å²) in [6.07, 6.45) is 3.24. The molecule has 1 aromatic carbocycles. The Hall–Kier alpha value is -2.14. The number of pyridine rings is 1. The molecule has 1 aliphatic heterocycles. The number of amides is 1. The summed E-state index contributed by atoms with van der Waals surface area (Å²) in [4.78, 5) is 18.9. The minimum Gasteiger partial charge on any atom is -0.489 e. The first-order valence-electron chi connectivity index (χ1n) is 8.62. The molecule has 5 heteroatoms. The van der Waals surface area contributed by atoms with E-state index in [-0.39, 0.29) is 11.9 Å². The standard InChI is InChI=1S/C19H25N3O2/c1-14-9-10-15-6-5-8-17(18(15)21-14)24-13-11-20-19(23)16-7-3-4-12-22(16)2/h5-6,8-10,16H,3-4,7,11-13H2,1-2H3,(H,20,23). The number of piperidine rings is 1. The van der Waals surface area contributed by atoms with Crippen molar-refractivity contribution in [2.75, 3.05) is 26.7 Å². The molecule has 2 aromatic rings. The van der Waals surface area contributed by atoms with Crippen molar-refractivity contribution in [1.29, 1.82) is 0 Å². The van der Waals surface area contributed by atoms with Crippen molar-refractivity contribution in [3.63, 3.8) is 0 Å². The number of likely N-dealkylation sites (N-methyl/N-ethyl adjacent to an activating group) is 1. The minimum absolute atomic E-state index is 0.000576. The Bertz CT molecular complexity index is 717. The Kier molecular flexibility index (Phi) is 5.30. The van der Waals surface area contributed by atoms with Crippen LogP contribution in [0.25, 0.3) is 10.9 Å². The van der Waals surface area contributed by atoms with E-state index in [0.29, 0.717) is 13.2 Å². The normalized spacial score (nSPS) is 18.5. The molecule has 24 heavy (non-hydrogen) atoms. The van der Waals surface area contributed by atoms with Gasteiger partial charge in [-0.25, -0.2) is 4.98 Å². The first-order chi connectivity index (χ1) is 11.6. The van der Waals surface area contributed by atoms with E-state index in [9.17, 15) is 4.79 Å². The number of carbonyl (C=O) groups is 1. The maximum atomic E-state index is 12.3. The molecule has 3 rings (SSSR count). The number of hydrogen-bond acceptors (Lipinski definition) is 4. The van der Waals surface area contributed by atoms with E-state index in [1.54, 1.807) is 0 Å². The highest BCUT2D eigenvalue weighted by Gasteiger charge is 2.25. The van der Waals surface area contributed by atoms with Crippen LogP contribution in [0.3, 0.4) is 0 Å². The molecule has 1 unspecified atom stereocenters. The van der Waals surface area contributed by atoms with Gasteiger partial charge in [-0.1, -0.05) is 24.6 Å². The van der Waals surface area contributed by atoms with Gasteiger partial charge < -0.3 is 10.1 Å². The van der Waals surface area contributed by atoms with Gasteiger partial charge in [-0.05, 0) is 45.5 Å². The minimum atomic E-state index is 0.000576. The molecular weight excluding hydrogens is 302 g/mol. The average molecular weight is 327 g/mol. The van der Waals surface area contributed by atoms with Gasteiger partial charge in [0, 0.05) is 11.1 Å². The van der Waals surface area contributed by atoms with Crippen LogP contribution in [-0.4, -0.2) is 48.6 Å². The molecule has 2 heterocycles. The summed E-state index contributed by atoms with van der Waals surface area (Å²) < 4.78 is 5.85. The van der Waals surface area contributed by atoms with Crippen molar-refractivity contribution in [2.45, 2.75) is 32.2 Å². The fourth-order valence-corrected chi connectivity index (χ4v) is 3.19. The van der Waals surface area contributed by atoms with Crippen LogP contribution in [-0.2, 0) is 4.79 Å². The third kappa shape index (κ3) is 3.85. The highest BCUT2D eigenvalue weighted by Crippen LogP contribution is 2.23. The molecule has 1 amide bonds. The van der Waals surface area contributed by atoms with Gasteiger partial charge in [-0.2, -0.15) is 0 Å². The smallest absolute Gasteiger partial charge is 0.237 e. The van der Waals surface area contributed by atoms with Gasteiger partial charge in [0.25, 0.3) is 0 Å². The predicted molar refractivity (Wildman–Crippen MR) is 95.3 cm³/mol. The molecule has 5 nitrogen and oxygen atoms in total. The summed E-state index contributed by atoms with van der Waals surface area (Å²) in [6, 6.07) is 9.95. The highest BCUT2D eigenvalue weighted by atomic mass is 16.5. The number of aromatic nitrogens is 1. The monoisotopic (exact) mass is 327 g/mol. The zero-order chi connectivity index (χ0) is 16.9. The maximum absolute atomic E-state index is 12.3. The maximum Gasteiger partial charge on any atom is 0.237 e. The molecule has 0 spiro atoms. The van der Waals surface area contributed by atoms with Crippen molar-refractivity contribution in [1.82, 2.24) is 15.2 Å². The third-order valence-corrected chi connectivity index (χ3v) is 4.55. The molecule has 0 radical (unpaired) electrons. The fraction of sp³-hybridized carbons (Fsp3) is 0.474. The first kappa shape index (κ1) is 16.7. The van der Waals surface area contributed by atoms with Crippen LogP contribution in [0, 0.1) is 6.92 Å². The number of aryl methyl sites for hydroxylation is 1. The lowest BCUT2D eigenvalue weighted by Gasteiger charge is -2.31. The van der Waals surface area contributed by atoms with Crippen LogP contribution in [0.5, 0.6) is 5.75 Å². The molecule has 1 fully saturated rings. The predicted octanol–water partition coefficient (Wildman–Crippen LogP) is 2.52. The number of hydrogen-bond donors (Lipinski definition) is 1. The van der Waals surface area contributed by atoms with Crippen LogP contribution in [0.15, 0.2) is 30.3 Å².